The molecule has 1 aliphatic rings. The molecule has 1 unspecified atom stereocenters. The number of hydrogen-bond donors (Lipinski definition) is 1. The van der Waals surface area contributed by atoms with Gasteiger partial charge < -0.3 is 10.3 Å². The minimum absolute atomic E-state index is 0.112. The van der Waals surface area contributed by atoms with E-state index in [1.165, 1.54) is 16.8 Å². The predicted octanol–water partition coefficient (Wildman–Crippen LogP) is 3.60. The molecule has 4 heteroatoms. The Morgan fingerprint density at radius 2 is 2.00 bits per heavy atom. The van der Waals surface area contributed by atoms with Gasteiger partial charge in [0.1, 0.15) is 5.84 Å². The molecule has 110 valence electrons. The molecular weight excluding hydrogens is 290 g/mol. The molecule has 0 fully saturated rings. The van der Waals surface area contributed by atoms with Gasteiger partial charge in [-0.1, -0.05) is 30.3 Å². The average Bonchev–Trinajstić information content (AvgIpc) is 3.17. The molecule has 1 aliphatic heterocycles. The molecule has 0 amide bonds. The summed E-state index contributed by atoms with van der Waals surface area (Å²) in [5, 5.41) is 2.10. The smallest absolute Gasteiger partial charge is 0.136 e. The number of fused-ring (bicyclic) bond motifs is 1. The number of aliphatic imine (C=N–C) groups is 1. The van der Waals surface area contributed by atoms with Gasteiger partial charge in [-0.15, -0.1) is 11.3 Å². The zero-order chi connectivity index (χ0) is 14.9. The Morgan fingerprint density at radius 3 is 2.86 bits per heavy atom. The highest BCUT2D eigenvalue weighted by Gasteiger charge is 2.23. The molecule has 4 rings (SSSR count). The van der Waals surface area contributed by atoms with E-state index in [1.54, 1.807) is 11.3 Å². The van der Waals surface area contributed by atoms with Crippen molar-refractivity contribution >= 4 is 17.2 Å². The second-order valence-electron chi connectivity index (χ2n) is 5.56. The first-order valence-corrected chi connectivity index (χ1v) is 8.28. The molecule has 2 N–H and O–H groups in total. The summed E-state index contributed by atoms with van der Waals surface area (Å²) in [7, 11) is 0. The number of rotatable bonds is 3. The summed E-state index contributed by atoms with van der Waals surface area (Å²) in [6, 6.07) is 17.0. The molecule has 3 heterocycles. The quantitative estimate of drug-likeness (QED) is 0.789. The minimum Gasteiger partial charge on any atom is -0.383 e. The van der Waals surface area contributed by atoms with Crippen molar-refractivity contribution in [2.24, 2.45) is 10.7 Å². The Hall–Kier alpha value is -2.33. The van der Waals surface area contributed by atoms with E-state index in [1.807, 2.05) is 6.07 Å². The largest absolute Gasteiger partial charge is 0.383 e. The van der Waals surface area contributed by atoms with Gasteiger partial charge in [0.15, 0.2) is 0 Å². The summed E-state index contributed by atoms with van der Waals surface area (Å²) in [4.78, 5) is 5.86. The van der Waals surface area contributed by atoms with E-state index < -0.39 is 0 Å². The van der Waals surface area contributed by atoms with Gasteiger partial charge in [0.25, 0.3) is 0 Å². The molecule has 0 bridgehead atoms. The topological polar surface area (TPSA) is 43.3 Å². The third-order valence-electron chi connectivity index (χ3n) is 4.09. The zero-order valence-electron chi connectivity index (χ0n) is 12.1. The van der Waals surface area contributed by atoms with E-state index >= 15 is 0 Å². The molecule has 0 radical (unpaired) electrons. The number of aromatic nitrogens is 1. The predicted molar refractivity (Wildman–Crippen MR) is 91.5 cm³/mol. The van der Waals surface area contributed by atoms with Gasteiger partial charge in [0, 0.05) is 24.9 Å². The minimum atomic E-state index is 0.112. The molecule has 0 saturated carbocycles. The maximum atomic E-state index is 6.14. The number of nitrogens with zero attached hydrogens (tertiary/aromatic N) is 2. The van der Waals surface area contributed by atoms with Crippen LogP contribution in [0.15, 0.2) is 65.1 Å². The lowest BCUT2D eigenvalue weighted by atomic mass is 10.0. The summed E-state index contributed by atoms with van der Waals surface area (Å²) < 4.78 is 2.27. The normalized spacial score (nSPS) is 17.1. The van der Waals surface area contributed by atoms with Crippen molar-refractivity contribution in [3.8, 4) is 0 Å². The molecule has 0 aliphatic carbocycles. The Kier molecular flexibility index (Phi) is 3.31. The Bertz CT molecular complexity index is 814. The monoisotopic (exact) mass is 307 g/mol. The second kappa shape index (κ2) is 5.46. The molecule has 1 atom stereocenters. The summed E-state index contributed by atoms with van der Waals surface area (Å²) in [5.41, 5.74) is 9.98. The number of amidine groups is 1. The molecule has 0 saturated heterocycles. The maximum absolute atomic E-state index is 6.14. The van der Waals surface area contributed by atoms with E-state index in [0.717, 1.165) is 17.8 Å². The lowest BCUT2D eigenvalue weighted by molar-refractivity contribution is 0.628. The van der Waals surface area contributed by atoms with Crippen LogP contribution in [0.25, 0.3) is 0 Å². The SMILES string of the molecule is NC1=NC(c2cccn2Cc2ccccc2)Cc2ccsc21. The summed E-state index contributed by atoms with van der Waals surface area (Å²) in [5.74, 6) is 0.675. The summed E-state index contributed by atoms with van der Waals surface area (Å²) >= 11 is 1.68. The van der Waals surface area contributed by atoms with E-state index in [-0.39, 0.29) is 6.04 Å². The number of hydrogen-bond acceptors (Lipinski definition) is 3. The first-order chi connectivity index (χ1) is 10.8. The van der Waals surface area contributed by atoms with Gasteiger partial charge in [-0.25, -0.2) is 0 Å². The fraction of sp³-hybridized carbons (Fsp3) is 0.167. The van der Waals surface area contributed by atoms with Crippen molar-refractivity contribution in [1.82, 2.24) is 4.57 Å². The van der Waals surface area contributed by atoms with Gasteiger partial charge in [-0.2, -0.15) is 0 Å². The summed E-state index contributed by atoms with van der Waals surface area (Å²) in [6.07, 6.45) is 3.05. The van der Waals surface area contributed by atoms with Crippen molar-refractivity contribution in [1.29, 1.82) is 0 Å². The fourth-order valence-corrected chi connectivity index (χ4v) is 3.87. The highest BCUT2D eigenvalue weighted by molar-refractivity contribution is 7.12. The van der Waals surface area contributed by atoms with Crippen LogP contribution in [0.4, 0.5) is 0 Å². The summed E-state index contributed by atoms with van der Waals surface area (Å²) in [6.45, 7) is 0.867. The first-order valence-electron chi connectivity index (χ1n) is 7.40. The highest BCUT2D eigenvalue weighted by Crippen LogP contribution is 2.31. The Labute approximate surface area is 133 Å². The van der Waals surface area contributed by atoms with Crippen LogP contribution in [0.1, 0.15) is 27.7 Å². The van der Waals surface area contributed by atoms with Crippen molar-refractivity contribution in [3.05, 3.63) is 81.8 Å². The van der Waals surface area contributed by atoms with Crippen LogP contribution in [0.5, 0.6) is 0 Å². The van der Waals surface area contributed by atoms with E-state index in [4.69, 9.17) is 10.7 Å². The second-order valence-corrected chi connectivity index (χ2v) is 6.47. The molecule has 3 nitrogen and oxygen atoms in total. The van der Waals surface area contributed by atoms with Crippen molar-refractivity contribution in [2.75, 3.05) is 0 Å². The van der Waals surface area contributed by atoms with Crippen LogP contribution in [-0.4, -0.2) is 10.4 Å². The lowest BCUT2D eigenvalue weighted by Crippen LogP contribution is -2.22. The molecule has 22 heavy (non-hydrogen) atoms. The zero-order valence-corrected chi connectivity index (χ0v) is 13.0. The molecule has 0 spiro atoms. The van der Waals surface area contributed by atoms with Gasteiger partial charge in [0.05, 0.1) is 10.9 Å². The fourth-order valence-electron chi connectivity index (χ4n) is 3.03. The van der Waals surface area contributed by atoms with Gasteiger partial charge in [-0.05, 0) is 34.7 Å². The van der Waals surface area contributed by atoms with Crippen LogP contribution in [-0.2, 0) is 13.0 Å². The molecular formula is C18H17N3S. The highest BCUT2D eigenvalue weighted by atomic mass is 32.1. The molecule has 3 aromatic rings. The third kappa shape index (κ3) is 2.35. The number of benzene rings is 1. The first kappa shape index (κ1) is 13.3. The van der Waals surface area contributed by atoms with Crippen molar-refractivity contribution in [2.45, 2.75) is 19.0 Å². The molecule has 2 aromatic heterocycles. The Morgan fingerprint density at radius 1 is 1.14 bits per heavy atom. The van der Waals surface area contributed by atoms with Crippen molar-refractivity contribution in [3.63, 3.8) is 0 Å². The third-order valence-corrected chi connectivity index (χ3v) is 5.07. The lowest BCUT2D eigenvalue weighted by Gasteiger charge is -2.21. The van der Waals surface area contributed by atoms with E-state index in [0.29, 0.717) is 5.84 Å². The Balaban J connectivity index is 1.65. The van der Waals surface area contributed by atoms with Gasteiger partial charge in [0.2, 0.25) is 0 Å². The van der Waals surface area contributed by atoms with Crippen LogP contribution in [0.2, 0.25) is 0 Å². The van der Waals surface area contributed by atoms with E-state index in [9.17, 15) is 0 Å². The van der Waals surface area contributed by atoms with Crippen LogP contribution < -0.4 is 5.73 Å². The van der Waals surface area contributed by atoms with Gasteiger partial charge >= 0.3 is 0 Å². The standard InChI is InChI=1S/C18H17N3S/c19-18-17-14(8-10-22-17)11-15(20-18)16-7-4-9-21(16)12-13-5-2-1-3-6-13/h1-10,15H,11-12H2,(H2,19,20). The van der Waals surface area contributed by atoms with E-state index in [2.05, 4.69) is 58.6 Å². The van der Waals surface area contributed by atoms with Crippen molar-refractivity contribution < 1.29 is 0 Å². The maximum Gasteiger partial charge on any atom is 0.136 e. The number of nitrogens with two attached hydrogens (primary N) is 1. The average molecular weight is 307 g/mol. The van der Waals surface area contributed by atoms with Crippen LogP contribution in [0.3, 0.4) is 0 Å². The van der Waals surface area contributed by atoms with Gasteiger partial charge in [-0.3, -0.25) is 4.99 Å². The van der Waals surface area contributed by atoms with Crippen LogP contribution in [0, 0.1) is 0 Å². The number of thiophene rings is 1. The molecule has 1 aromatic carbocycles. The van der Waals surface area contributed by atoms with Crippen LogP contribution >= 0.6 is 11.3 Å².